The SMILES string of the molecule is CCN(CC)C(N)=NCc1ccc(CN2CCN(C)CC2)cc1.I. The molecule has 0 radical (unpaired) electrons. The van der Waals surface area contributed by atoms with Crippen molar-refractivity contribution in [2.75, 3.05) is 46.3 Å². The van der Waals surface area contributed by atoms with Gasteiger partial charge in [0.2, 0.25) is 0 Å². The number of hydrogen-bond acceptors (Lipinski definition) is 3. The number of nitrogens with two attached hydrogens (primary N) is 1. The number of nitrogens with zero attached hydrogens (tertiary/aromatic N) is 4. The van der Waals surface area contributed by atoms with E-state index in [2.05, 4.69) is 64.9 Å². The molecule has 0 saturated carbocycles. The van der Waals surface area contributed by atoms with Gasteiger partial charge >= 0.3 is 0 Å². The lowest BCUT2D eigenvalue weighted by Crippen LogP contribution is -2.43. The van der Waals surface area contributed by atoms with E-state index in [0.717, 1.165) is 45.8 Å². The van der Waals surface area contributed by atoms with E-state index in [4.69, 9.17) is 5.73 Å². The van der Waals surface area contributed by atoms with E-state index in [1.807, 2.05) is 0 Å². The van der Waals surface area contributed by atoms with Crippen molar-refractivity contribution < 1.29 is 0 Å². The highest BCUT2D eigenvalue weighted by molar-refractivity contribution is 14.0. The first-order valence-electron chi connectivity index (χ1n) is 8.66. The normalized spacial score (nSPS) is 16.7. The van der Waals surface area contributed by atoms with Gasteiger partial charge in [0.15, 0.2) is 5.96 Å². The Morgan fingerprint density at radius 2 is 1.58 bits per heavy atom. The van der Waals surface area contributed by atoms with E-state index < -0.39 is 0 Å². The third-order valence-corrected chi connectivity index (χ3v) is 4.54. The third-order valence-electron chi connectivity index (χ3n) is 4.54. The molecule has 0 amide bonds. The van der Waals surface area contributed by atoms with Gasteiger partial charge in [-0.2, -0.15) is 0 Å². The Bertz CT molecular complexity index is 491. The second-order valence-electron chi connectivity index (χ2n) is 6.24. The highest BCUT2D eigenvalue weighted by Crippen LogP contribution is 2.10. The maximum absolute atomic E-state index is 6.02. The molecule has 24 heavy (non-hydrogen) atoms. The molecular weight excluding hydrogens is 413 g/mol. The monoisotopic (exact) mass is 445 g/mol. The number of likely N-dealkylation sites (N-methyl/N-ethyl adjacent to an activating group) is 1. The van der Waals surface area contributed by atoms with Crippen LogP contribution >= 0.6 is 24.0 Å². The molecule has 136 valence electrons. The summed E-state index contributed by atoms with van der Waals surface area (Å²) in [5.41, 5.74) is 8.60. The summed E-state index contributed by atoms with van der Waals surface area (Å²) in [5, 5.41) is 0. The van der Waals surface area contributed by atoms with Crippen LogP contribution in [-0.4, -0.2) is 67.0 Å². The zero-order valence-corrected chi connectivity index (χ0v) is 17.6. The van der Waals surface area contributed by atoms with Crippen LogP contribution in [-0.2, 0) is 13.1 Å². The summed E-state index contributed by atoms with van der Waals surface area (Å²) in [5.74, 6) is 0.636. The van der Waals surface area contributed by atoms with Crippen LogP contribution in [0.4, 0.5) is 0 Å². The second-order valence-corrected chi connectivity index (χ2v) is 6.24. The Morgan fingerprint density at radius 1 is 1.04 bits per heavy atom. The number of aliphatic imine (C=N–C) groups is 1. The molecule has 6 heteroatoms. The fourth-order valence-electron chi connectivity index (χ4n) is 2.83. The fourth-order valence-corrected chi connectivity index (χ4v) is 2.83. The standard InChI is InChI=1S/C18H31N5.HI/c1-4-23(5-2)18(19)20-14-16-6-8-17(9-7-16)15-22-12-10-21(3)11-13-22;/h6-9H,4-5,10-15H2,1-3H3,(H2,19,20);1H. The van der Waals surface area contributed by atoms with E-state index in [0.29, 0.717) is 12.5 Å². The summed E-state index contributed by atoms with van der Waals surface area (Å²) in [4.78, 5) is 11.5. The molecule has 0 aliphatic carbocycles. The molecule has 0 atom stereocenters. The average molecular weight is 445 g/mol. The summed E-state index contributed by atoms with van der Waals surface area (Å²) >= 11 is 0. The number of halogens is 1. The van der Waals surface area contributed by atoms with Crippen LogP contribution in [0.2, 0.25) is 0 Å². The summed E-state index contributed by atoms with van der Waals surface area (Å²) < 4.78 is 0. The first-order valence-corrected chi connectivity index (χ1v) is 8.66. The van der Waals surface area contributed by atoms with Crippen LogP contribution in [0.1, 0.15) is 25.0 Å². The summed E-state index contributed by atoms with van der Waals surface area (Å²) in [6.07, 6.45) is 0. The molecule has 1 aromatic rings. The maximum Gasteiger partial charge on any atom is 0.191 e. The first kappa shape index (κ1) is 21.2. The van der Waals surface area contributed by atoms with Crippen LogP contribution in [0.3, 0.4) is 0 Å². The zero-order chi connectivity index (χ0) is 16.7. The van der Waals surface area contributed by atoms with Gasteiger partial charge in [-0.3, -0.25) is 4.90 Å². The van der Waals surface area contributed by atoms with Crippen molar-refractivity contribution in [1.82, 2.24) is 14.7 Å². The highest BCUT2D eigenvalue weighted by Gasteiger charge is 2.13. The van der Waals surface area contributed by atoms with Crippen molar-refractivity contribution in [3.8, 4) is 0 Å². The van der Waals surface area contributed by atoms with Crippen molar-refractivity contribution in [3.05, 3.63) is 35.4 Å². The minimum atomic E-state index is 0. The number of hydrogen-bond donors (Lipinski definition) is 1. The van der Waals surface area contributed by atoms with E-state index in [-0.39, 0.29) is 24.0 Å². The molecule has 0 aromatic heterocycles. The topological polar surface area (TPSA) is 48.1 Å². The Balaban J connectivity index is 0.00000288. The number of piperazine rings is 1. The molecule has 2 N–H and O–H groups in total. The van der Waals surface area contributed by atoms with E-state index in [1.165, 1.54) is 11.1 Å². The number of rotatable bonds is 6. The number of benzene rings is 1. The summed E-state index contributed by atoms with van der Waals surface area (Å²) in [6, 6.07) is 8.78. The van der Waals surface area contributed by atoms with Gasteiger partial charge in [0.05, 0.1) is 6.54 Å². The Morgan fingerprint density at radius 3 is 2.12 bits per heavy atom. The smallest absolute Gasteiger partial charge is 0.191 e. The van der Waals surface area contributed by atoms with Crippen LogP contribution in [0.5, 0.6) is 0 Å². The van der Waals surface area contributed by atoms with Crippen molar-refractivity contribution in [1.29, 1.82) is 0 Å². The van der Waals surface area contributed by atoms with Crippen LogP contribution in [0, 0.1) is 0 Å². The quantitative estimate of drug-likeness (QED) is 0.415. The van der Waals surface area contributed by atoms with Gasteiger partial charge < -0.3 is 15.5 Å². The van der Waals surface area contributed by atoms with Crippen molar-refractivity contribution in [3.63, 3.8) is 0 Å². The Kier molecular flexibility index (Phi) is 9.61. The van der Waals surface area contributed by atoms with Gasteiger partial charge in [-0.25, -0.2) is 4.99 Å². The van der Waals surface area contributed by atoms with Crippen molar-refractivity contribution >= 4 is 29.9 Å². The molecule has 1 aliphatic rings. The predicted molar refractivity (Wildman–Crippen MR) is 113 cm³/mol. The van der Waals surface area contributed by atoms with E-state index >= 15 is 0 Å². The molecule has 5 nitrogen and oxygen atoms in total. The minimum Gasteiger partial charge on any atom is -0.370 e. The molecule has 1 fully saturated rings. The molecular formula is C18H32IN5. The van der Waals surface area contributed by atoms with Crippen LogP contribution in [0.25, 0.3) is 0 Å². The maximum atomic E-state index is 6.02. The fraction of sp³-hybridized carbons (Fsp3) is 0.611. The highest BCUT2D eigenvalue weighted by atomic mass is 127. The largest absolute Gasteiger partial charge is 0.370 e. The average Bonchev–Trinajstić information content (AvgIpc) is 2.57. The molecule has 0 spiro atoms. The lowest BCUT2D eigenvalue weighted by Gasteiger charge is -2.32. The summed E-state index contributed by atoms with van der Waals surface area (Å²) in [7, 11) is 2.19. The van der Waals surface area contributed by atoms with Gasteiger partial charge in [0.1, 0.15) is 0 Å². The molecule has 1 aromatic carbocycles. The van der Waals surface area contributed by atoms with Gasteiger partial charge in [-0.1, -0.05) is 24.3 Å². The van der Waals surface area contributed by atoms with Gasteiger partial charge in [0.25, 0.3) is 0 Å². The molecule has 2 rings (SSSR count). The van der Waals surface area contributed by atoms with Gasteiger partial charge in [0, 0.05) is 45.8 Å². The minimum absolute atomic E-state index is 0. The number of guanidine groups is 1. The predicted octanol–water partition coefficient (Wildman–Crippen LogP) is 2.21. The van der Waals surface area contributed by atoms with Crippen LogP contribution in [0.15, 0.2) is 29.3 Å². The third kappa shape index (κ3) is 6.57. The van der Waals surface area contributed by atoms with E-state index in [9.17, 15) is 0 Å². The van der Waals surface area contributed by atoms with Gasteiger partial charge in [-0.05, 0) is 32.0 Å². The lowest BCUT2D eigenvalue weighted by atomic mass is 10.1. The Hall–Kier alpha value is -0.860. The van der Waals surface area contributed by atoms with Crippen LogP contribution < -0.4 is 5.73 Å². The molecule has 1 saturated heterocycles. The Labute approximate surface area is 163 Å². The summed E-state index contributed by atoms with van der Waals surface area (Å²) in [6.45, 7) is 12.3. The molecule has 0 bridgehead atoms. The van der Waals surface area contributed by atoms with Crippen molar-refractivity contribution in [2.24, 2.45) is 10.7 Å². The molecule has 0 unspecified atom stereocenters. The lowest BCUT2D eigenvalue weighted by molar-refractivity contribution is 0.148. The first-order chi connectivity index (χ1) is 11.1. The molecule has 1 aliphatic heterocycles. The zero-order valence-electron chi connectivity index (χ0n) is 15.2. The van der Waals surface area contributed by atoms with Crippen molar-refractivity contribution in [2.45, 2.75) is 26.9 Å². The second kappa shape index (κ2) is 10.9. The molecule has 1 heterocycles. The van der Waals surface area contributed by atoms with E-state index in [1.54, 1.807) is 0 Å². The van der Waals surface area contributed by atoms with Gasteiger partial charge in [-0.15, -0.1) is 24.0 Å².